The van der Waals surface area contributed by atoms with Crippen LogP contribution in [0.1, 0.15) is 20.8 Å². The summed E-state index contributed by atoms with van der Waals surface area (Å²) in [7, 11) is 0. The number of fused-ring (bicyclic) bond motifs is 1. The topological polar surface area (TPSA) is 71.2 Å². The molecular formula is C13H17ClN4O2. The number of hydrogen-bond donors (Lipinski definition) is 1. The number of halogens is 1. The van der Waals surface area contributed by atoms with Crippen LogP contribution in [0.4, 0.5) is 4.79 Å². The quantitative estimate of drug-likeness (QED) is 0.884. The van der Waals surface area contributed by atoms with Crippen molar-refractivity contribution in [2.45, 2.75) is 32.9 Å². The largest absolute Gasteiger partial charge is 0.465 e. The van der Waals surface area contributed by atoms with Crippen LogP contribution in [0.2, 0.25) is 5.15 Å². The Labute approximate surface area is 122 Å². The molecular weight excluding hydrogens is 280 g/mol. The van der Waals surface area contributed by atoms with Crippen LogP contribution in [0.3, 0.4) is 0 Å². The highest BCUT2D eigenvalue weighted by Gasteiger charge is 2.25. The van der Waals surface area contributed by atoms with Gasteiger partial charge in [-0.2, -0.15) is 0 Å². The van der Waals surface area contributed by atoms with Crippen molar-refractivity contribution in [3.05, 3.63) is 23.7 Å². The minimum absolute atomic E-state index is 0.369. The van der Waals surface area contributed by atoms with Gasteiger partial charge in [-0.05, 0) is 26.8 Å². The van der Waals surface area contributed by atoms with E-state index in [1.54, 1.807) is 0 Å². The molecule has 0 saturated heterocycles. The minimum Gasteiger partial charge on any atom is -0.465 e. The predicted octanol–water partition coefficient (Wildman–Crippen LogP) is 2.86. The Morgan fingerprint density at radius 3 is 2.75 bits per heavy atom. The maximum atomic E-state index is 11.3. The molecule has 2 heterocycles. The summed E-state index contributed by atoms with van der Waals surface area (Å²) >= 11 is 6.07. The summed E-state index contributed by atoms with van der Waals surface area (Å²) in [5.74, 6) is 0. The van der Waals surface area contributed by atoms with Crippen LogP contribution in [0.25, 0.3) is 11.0 Å². The lowest BCUT2D eigenvalue weighted by Crippen LogP contribution is -2.46. The van der Waals surface area contributed by atoms with Crippen LogP contribution in [0, 0.1) is 0 Å². The molecule has 0 spiro atoms. The molecule has 0 fully saturated rings. The first-order chi connectivity index (χ1) is 9.30. The van der Waals surface area contributed by atoms with E-state index in [1.807, 2.05) is 37.6 Å². The Hall–Kier alpha value is -1.82. The highest BCUT2D eigenvalue weighted by molar-refractivity contribution is 6.33. The summed E-state index contributed by atoms with van der Waals surface area (Å²) in [5, 5.41) is 9.64. The second-order valence-electron chi connectivity index (χ2n) is 5.51. The summed E-state index contributed by atoms with van der Waals surface area (Å²) in [6.45, 7) is 6.47. The lowest BCUT2D eigenvalue weighted by atomic mass is 10.1. The molecule has 0 radical (unpaired) electrons. The molecule has 2 aromatic rings. The molecule has 0 aliphatic rings. The third-order valence-corrected chi connectivity index (χ3v) is 3.39. The lowest BCUT2D eigenvalue weighted by molar-refractivity contribution is 0.0981. The van der Waals surface area contributed by atoms with Gasteiger partial charge in [0.25, 0.3) is 0 Å². The fourth-order valence-corrected chi connectivity index (χ4v) is 2.35. The number of carbonyl (C=O) groups is 1. The van der Waals surface area contributed by atoms with Crippen molar-refractivity contribution in [1.82, 2.24) is 19.4 Å². The van der Waals surface area contributed by atoms with Crippen LogP contribution < -0.4 is 0 Å². The maximum Gasteiger partial charge on any atom is 0.407 e. The fourth-order valence-electron chi connectivity index (χ4n) is 2.10. The predicted molar refractivity (Wildman–Crippen MR) is 77.0 cm³/mol. The van der Waals surface area contributed by atoms with E-state index in [-0.39, 0.29) is 0 Å². The molecule has 0 bridgehead atoms. The Morgan fingerprint density at radius 2 is 2.15 bits per heavy atom. The van der Waals surface area contributed by atoms with E-state index in [0.29, 0.717) is 18.2 Å². The molecule has 1 amide bonds. The van der Waals surface area contributed by atoms with Crippen molar-refractivity contribution in [2.24, 2.45) is 0 Å². The van der Waals surface area contributed by atoms with E-state index in [2.05, 4.69) is 9.97 Å². The zero-order valence-corrected chi connectivity index (χ0v) is 12.4. The zero-order chi connectivity index (χ0) is 14.9. The Kier molecular flexibility index (Phi) is 3.85. The first-order valence-electron chi connectivity index (χ1n) is 6.26. The molecule has 7 heteroatoms. The number of carboxylic acid groups (broad SMARTS) is 1. The summed E-state index contributed by atoms with van der Waals surface area (Å²) in [5.41, 5.74) is 1.03. The smallest absolute Gasteiger partial charge is 0.407 e. The van der Waals surface area contributed by atoms with Crippen LogP contribution in [-0.2, 0) is 6.54 Å². The SMILES string of the molecule is CC(C)(C)N(CCn1ccc2ncnc(Cl)c21)C(=O)O. The zero-order valence-electron chi connectivity index (χ0n) is 11.7. The fraction of sp³-hybridized carbons (Fsp3) is 0.462. The van der Waals surface area contributed by atoms with E-state index >= 15 is 0 Å². The van der Waals surface area contributed by atoms with Crippen LogP contribution in [-0.4, -0.2) is 42.7 Å². The number of nitrogens with zero attached hydrogens (tertiary/aromatic N) is 4. The molecule has 0 unspecified atom stereocenters. The summed E-state index contributed by atoms with van der Waals surface area (Å²) in [6, 6.07) is 1.84. The molecule has 0 aliphatic carbocycles. The van der Waals surface area contributed by atoms with Crippen LogP contribution in [0.5, 0.6) is 0 Å². The number of amides is 1. The number of rotatable bonds is 3. The van der Waals surface area contributed by atoms with E-state index in [9.17, 15) is 9.90 Å². The van der Waals surface area contributed by atoms with Gasteiger partial charge in [-0.3, -0.25) is 0 Å². The average molecular weight is 297 g/mol. The van der Waals surface area contributed by atoms with Gasteiger partial charge in [-0.15, -0.1) is 0 Å². The van der Waals surface area contributed by atoms with Crippen LogP contribution >= 0.6 is 11.6 Å². The Balaban J connectivity index is 2.23. The molecule has 20 heavy (non-hydrogen) atoms. The summed E-state index contributed by atoms with van der Waals surface area (Å²) in [4.78, 5) is 20.8. The molecule has 2 aromatic heterocycles. The first kappa shape index (κ1) is 14.6. The average Bonchev–Trinajstić information content (AvgIpc) is 2.72. The molecule has 108 valence electrons. The van der Waals surface area contributed by atoms with Crippen LogP contribution in [0.15, 0.2) is 18.6 Å². The highest BCUT2D eigenvalue weighted by atomic mass is 35.5. The van der Waals surface area contributed by atoms with Crippen molar-refractivity contribution in [3.8, 4) is 0 Å². The van der Waals surface area contributed by atoms with Crippen molar-refractivity contribution in [2.75, 3.05) is 6.54 Å². The first-order valence-corrected chi connectivity index (χ1v) is 6.64. The Bertz CT molecular complexity index is 633. The second kappa shape index (κ2) is 5.28. The summed E-state index contributed by atoms with van der Waals surface area (Å²) in [6.07, 6.45) is 2.32. The normalized spacial score (nSPS) is 11.8. The third-order valence-electron chi connectivity index (χ3n) is 3.11. The second-order valence-corrected chi connectivity index (χ2v) is 5.87. The van der Waals surface area contributed by atoms with Crippen molar-refractivity contribution in [3.63, 3.8) is 0 Å². The molecule has 6 nitrogen and oxygen atoms in total. The van der Waals surface area contributed by atoms with Crippen molar-refractivity contribution >= 4 is 28.7 Å². The van der Waals surface area contributed by atoms with Gasteiger partial charge < -0.3 is 14.6 Å². The highest BCUT2D eigenvalue weighted by Crippen LogP contribution is 2.21. The monoisotopic (exact) mass is 296 g/mol. The van der Waals surface area contributed by atoms with E-state index in [0.717, 1.165) is 11.0 Å². The molecule has 2 rings (SSSR count). The van der Waals surface area contributed by atoms with Crippen molar-refractivity contribution < 1.29 is 9.90 Å². The minimum atomic E-state index is -0.934. The van der Waals surface area contributed by atoms with Gasteiger partial charge in [0.05, 0.1) is 5.52 Å². The van der Waals surface area contributed by atoms with E-state index in [4.69, 9.17) is 11.6 Å². The van der Waals surface area contributed by atoms with E-state index in [1.165, 1.54) is 11.2 Å². The van der Waals surface area contributed by atoms with Gasteiger partial charge in [0.2, 0.25) is 0 Å². The molecule has 0 aromatic carbocycles. The lowest BCUT2D eigenvalue weighted by Gasteiger charge is -2.33. The number of hydrogen-bond acceptors (Lipinski definition) is 3. The Morgan fingerprint density at radius 1 is 1.45 bits per heavy atom. The molecule has 0 atom stereocenters. The van der Waals surface area contributed by atoms with Gasteiger partial charge in [-0.25, -0.2) is 14.8 Å². The van der Waals surface area contributed by atoms with Gasteiger partial charge >= 0.3 is 6.09 Å². The molecule has 1 N–H and O–H groups in total. The van der Waals surface area contributed by atoms with Gasteiger partial charge in [-0.1, -0.05) is 11.6 Å². The van der Waals surface area contributed by atoms with Gasteiger partial charge in [0.1, 0.15) is 11.8 Å². The van der Waals surface area contributed by atoms with Crippen molar-refractivity contribution in [1.29, 1.82) is 0 Å². The number of aromatic nitrogens is 3. The van der Waals surface area contributed by atoms with Gasteiger partial charge in [0, 0.05) is 24.8 Å². The third kappa shape index (κ3) is 2.85. The standard InChI is InChI=1S/C13H17ClN4O2/c1-13(2,3)18(12(19)20)7-6-17-5-4-9-10(17)11(14)16-8-15-9/h4-5,8H,6-7H2,1-3H3,(H,19,20). The summed E-state index contributed by atoms with van der Waals surface area (Å²) < 4.78 is 1.87. The molecule has 0 aliphatic heterocycles. The maximum absolute atomic E-state index is 11.3. The molecule has 0 saturated carbocycles. The van der Waals surface area contributed by atoms with Gasteiger partial charge in [0.15, 0.2) is 5.15 Å². The van der Waals surface area contributed by atoms with E-state index < -0.39 is 11.6 Å².